The molecule has 1 aromatic rings. The number of nitrogens with two attached hydrogens (primary N) is 1. The number of rotatable bonds is 6. The lowest BCUT2D eigenvalue weighted by molar-refractivity contribution is 0.0498. The zero-order chi connectivity index (χ0) is 15.2. The normalized spacial score (nSPS) is 14.7. The summed E-state index contributed by atoms with van der Waals surface area (Å²) in [5.74, 6) is 0. The first kappa shape index (κ1) is 16.9. The Balaban J connectivity index is 2.41. The largest absolute Gasteiger partial charge is 0.444 e. The first-order valence-electron chi connectivity index (χ1n) is 6.77. The van der Waals surface area contributed by atoms with Gasteiger partial charge < -0.3 is 21.1 Å². The first-order chi connectivity index (χ1) is 9.31. The summed E-state index contributed by atoms with van der Waals surface area (Å²) in [6, 6.07) is 3.98. The Bertz CT molecular complexity index is 401. The third-order valence-corrected chi connectivity index (χ3v) is 3.60. The predicted molar refractivity (Wildman–Crippen MR) is 82.8 cm³/mol. The molecule has 4 N–H and O–H groups in total. The Hall–Kier alpha value is -1.11. The summed E-state index contributed by atoms with van der Waals surface area (Å²) in [6.07, 6.45) is -0.415. The fraction of sp³-hybridized carbons (Fsp3) is 0.643. The van der Waals surface area contributed by atoms with Crippen molar-refractivity contribution in [2.75, 3.05) is 6.54 Å². The van der Waals surface area contributed by atoms with E-state index in [-0.39, 0.29) is 12.1 Å². The van der Waals surface area contributed by atoms with Gasteiger partial charge in [-0.25, -0.2) is 4.79 Å². The van der Waals surface area contributed by atoms with Crippen molar-refractivity contribution < 1.29 is 9.53 Å². The van der Waals surface area contributed by atoms with Gasteiger partial charge in [0, 0.05) is 30.1 Å². The van der Waals surface area contributed by atoms with E-state index in [0.29, 0.717) is 6.54 Å². The van der Waals surface area contributed by atoms with E-state index < -0.39 is 11.7 Å². The number of amides is 1. The van der Waals surface area contributed by atoms with Gasteiger partial charge in [0.15, 0.2) is 0 Å². The molecule has 0 bridgehead atoms. The van der Waals surface area contributed by atoms with Crippen LogP contribution in [0.1, 0.15) is 32.6 Å². The van der Waals surface area contributed by atoms with Crippen LogP contribution in [0.25, 0.3) is 0 Å². The summed E-state index contributed by atoms with van der Waals surface area (Å²) in [4.78, 5) is 13.0. The summed E-state index contributed by atoms with van der Waals surface area (Å²) in [5.41, 5.74) is 5.27. The summed E-state index contributed by atoms with van der Waals surface area (Å²) in [7, 11) is 0. The molecule has 20 heavy (non-hydrogen) atoms. The highest BCUT2D eigenvalue weighted by Gasteiger charge is 2.21. The molecule has 1 amide bonds. The fourth-order valence-electron chi connectivity index (χ4n) is 1.70. The highest BCUT2D eigenvalue weighted by molar-refractivity contribution is 7.09. The second-order valence-corrected chi connectivity index (χ2v) is 6.77. The maximum absolute atomic E-state index is 11.7. The number of thiophene rings is 1. The van der Waals surface area contributed by atoms with Gasteiger partial charge in [0.25, 0.3) is 0 Å². The van der Waals surface area contributed by atoms with Gasteiger partial charge in [-0.1, -0.05) is 6.07 Å². The summed E-state index contributed by atoms with van der Waals surface area (Å²) >= 11 is 1.69. The van der Waals surface area contributed by atoms with Crippen molar-refractivity contribution >= 4 is 17.4 Å². The average Bonchev–Trinajstić information content (AvgIpc) is 2.79. The van der Waals surface area contributed by atoms with Gasteiger partial charge in [0.05, 0.1) is 0 Å². The molecular formula is C14H25N3O2S. The Kier molecular flexibility index (Phi) is 6.45. The molecule has 1 aromatic heterocycles. The zero-order valence-electron chi connectivity index (χ0n) is 12.6. The van der Waals surface area contributed by atoms with Crippen LogP contribution < -0.4 is 16.4 Å². The maximum atomic E-state index is 11.7. The van der Waals surface area contributed by atoms with Crippen molar-refractivity contribution in [3.8, 4) is 0 Å². The minimum Gasteiger partial charge on any atom is -0.444 e. The number of alkyl carbamates (subject to hydrolysis) is 1. The number of carbonyl (C=O) groups excluding carboxylic acids is 1. The molecule has 0 saturated carbocycles. The number of carbonyl (C=O) groups is 1. The van der Waals surface area contributed by atoms with Crippen molar-refractivity contribution in [2.45, 2.75) is 51.9 Å². The van der Waals surface area contributed by atoms with Crippen LogP contribution in [-0.2, 0) is 11.3 Å². The summed E-state index contributed by atoms with van der Waals surface area (Å²) < 4.78 is 5.24. The topological polar surface area (TPSA) is 76.4 Å². The van der Waals surface area contributed by atoms with Crippen LogP contribution in [0.5, 0.6) is 0 Å². The van der Waals surface area contributed by atoms with E-state index in [9.17, 15) is 4.79 Å². The lowest BCUT2D eigenvalue weighted by Gasteiger charge is -2.26. The average molecular weight is 299 g/mol. The minimum atomic E-state index is -0.494. The lowest BCUT2D eigenvalue weighted by Crippen LogP contribution is -2.52. The van der Waals surface area contributed by atoms with Crippen LogP contribution in [0.4, 0.5) is 4.79 Å². The van der Waals surface area contributed by atoms with Gasteiger partial charge in [0.2, 0.25) is 0 Å². The molecule has 6 heteroatoms. The smallest absolute Gasteiger partial charge is 0.407 e. The molecule has 2 unspecified atom stereocenters. The van der Waals surface area contributed by atoms with E-state index in [2.05, 4.69) is 16.7 Å². The molecule has 0 aromatic carbocycles. The van der Waals surface area contributed by atoms with E-state index in [1.165, 1.54) is 4.88 Å². The van der Waals surface area contributed by atoms with E-state index in [1.807, 2.05) is 39.1 Å². The predicted octanol–water partition coefficient (Wildman–Crippen LogP) is 2.08. The van der Waals surface area contributed by atoms with Gasteiger partial charge in [0.1, 0.15) is 5.60 Å². The Morgan fingerprint density at radius 3 is 2.70 bits per heavy atom. The second kappa shape index (κ2) is 7.61. The summed E-state index contributed by atoms with van der Waals surface area (Å²) in [6.45, 7) is 8.64. The molecule has 114 valence electrons. The van der Waals surface area contributed by atoms with E-state index in [0.717, 1.165) is 6.54 Å². The van der Waals surface area contributed by atoms with Crippen LogP contribution in [-0.4, -0.2) is 30.3 Å². The fourth-order valence-corrected chi connectivity index (χ4v) is 2.36. The third-order valence-electron chi connectivity index (χ3n) is 2.72. The number of nitrogens with one attached hydrogen (secondary N) is 2. The molecule has 1 rings (SSSR count). The molecule has 2 atom stereocenters. The number of hydrogen-bond acceptors (Lipinski definition) is 5. The molecule has 0 spiro atoms. The Labute approximate surface area is 124 Å². The second-order valence-electron chi connectivity index (χ2n) is 5.74. The minimum absolute atomic E-state index is 0.00428. The third kappa shape index (κ3) is 6.36. The van der Waals surface area contributed by atoms with Crippen LogP contribution in [0.15, 0.2) is 17.5 Å². The molecule has 0 radical (unpaired) electrons. The van der Waals surface area contributed by atoms with Crippen molar-refractivity contribution in [2.24, 2.45) is 5.73 Å². The van der Waals surface area contributed by atoms with Gasteiger partial charge >= 0.3 is 6.09 Å². The monoisotopic (exact) mass is 299 g/mol. The molecule has 0 aliphatic carbocycles. The SMILES string of the molecule is CC(NC(=O)OC(C)(C)C)C(CN)NCc1cccs1. The molecule has 0 saturated heterocycles. The molecule has 0 aliphatic heterocycles. The van der Waals surface area contributed by atoms with E-state index >= 15 is 0 Å². The highest BCUT2D eigenvalue weighted by Crippen LogP contribution is 2.09. The maximum Gasteiger partial charge on any atom is 0.407 e. The van der Waals surface area contributed by atoms with Crippen molar-refractivity contribution in [1.82, 2.24) is 10.6 Å². The summed E-state index contributed by atoms with van der Waals surface area (Å²) in [5, 5.41) is 8.21. The van der Waals surface area contributed by atoms with Crippen molar-refractivity contribution in [3.05, 3.63) is 22.4 Å². The number of ether oxygens (including phenoxy) is 1. The molecule has 0 fully saturated rings. The molecule has 1 heterocycles. The van der Waals surface area contributed by atoms with Gasteiger partial charge in [-0.15, -0.1) is 11.3 Å². The van der Waals surface area contributed by atoms with Crippen LogP contribution in [0, 0.1) is 0 Å². The van der Waals surface area contributed by atoms with Gasteiger partial charge in [-0.3, -0.25) is 0 Å². The quantitative estimate of drug-likeness (QED) is 0.751. The van der Waals surface area contributed by atoms with Crippen LogP contribution >= 0.6 is 11.3 Å². The first-order valence-corrected chi connectivity index (χ1v) is 7.65. The highest BCUT2D eigenvalue weighted by atomic mass is 32.1. The van der Waals surface area contributed by atoms with Crippen LogP contribution in [0.3, 0.4) is 0 Å². The van der Waals surface area contributed by atoms with Crippen molar-refractivity contribution in [3.63, 3.8) is 0 Å². The van der Waals surface area contributed by atoms with Gasteiger partial charge in [-0.05, 0) is 39.1 Å². The Morgan fingerprint density at radius 2 is 2.20 bits per heavy atom. The Morgan fingerprint density at radius 1 is 1.50 bits per heavy atom. The van der Waals surface area contributed by atoms with Crippen molar-refractivity contribution in [1.29, 1.82) is 0 Å². The van der Waals surface area contributed by atoms with E-state index in [4.69, 9.17) is 10.5 Å². The van der Waals surface area contributed by atoms with Gasteiger partial charge in [-0.2, -0.15) is 0 Å². The number of hydrogen-bond donors (Lipinski definition) is 3. The molecule has 0 aliphatic rings. The standard InChI is InChI=1S/C14H25N3O2S/c1-10(17-13(18)19-14(2,3)4)12(8-15)16-9-11-6-5-7-20-11/h5-7,10,12,16H,8-9,15H2,1-4H3,(H,17,18). The van der Waals surface area contributed by atoms with E-state index in [1.54, 1.807) is 11.3 Å². The lowest BCUT2D eigenvalue weighted by atomic mass is 10.1. The molecule has 5 nitrogen and oxygen atoms in total. The zero-order valence-corrected chi connectivity index (χ0v) is 13.4. The molecular weight excluding hydrogens is 274 g/mol. The van der Waals surface area contributed by atoms with Crippen LogP contribution in [0.2, 0.25) is 0 Å².